The molecule has 0 spiro atoms. The molecule has 0 N–H and O–H groups in total. The van der Waals surface area contributed by atoms with Gasteiger partial charge in [-0.3, -0.25) is 9.00 Å². The molecule has 0 fully saturated rings. The molecular weight excluding hydrogens is 374 g/mol. The van der Waals surface area contributed by atoms with E-state index < -0.39 is 28.4 Å². The second-order valence-electron chi connectivity index (χ2n) is 7.58. The summed E-state index contributed by atoms with van der Waals surface area (Å²) in [6, 6.07) is 16.2. The van der Waals surface area contributed by atoms with Gasteiger partial charge in [0.2, 0.25) is 0 Å². The molecule has 0 saturated heterocycles. The van der Waals surface area contributed by atoms with Crippen LogP contribution in [-0.2, 0) is 26.9 Å². The molecule has 150 valence electrons. The average Bonchev–Trinajstić information content (AvgIpc) is 2.65. The highest BCUT2D eigenvalue weighted by molar-refractivity contribution is 7.84. The zero-order valence-electron chi connectivity index (χ0n) is 17.0. The molecule has 0 aliphatic rings. The second-order valence-corrected chi connectivity index (χ2v) is 8.93. The van der Waals surface area contributed by atoms with E-state index in [9.17, 15) is 13.8 Å². The van der Waals surface area contributed by atoms with Gasteiger partial charge in [0.15, 0.2) is 6.10 Å². The van der Waals surface area contributed by atoms with Crippen LogP contribution in [0.3, 0.4) is 0 Å². The van der Waals surface area contributed by atoms with E-state index in [0.29, 0.717) is 11.4 Å². The number of carbonyl (C=O) groups is 2. The number of ether oxygens (including phenoxy) is 1. The number of benzene rings is 2. The van der Waals surface area contributed by atoms with Crippen molar-refractivity contribution in [3.8, 4) is 0 Å². The molecule has 28 heavy (non-hydrogen) atoms. The van der Waals surface area contributed by atoms with Gasteiger partial charge >= 0.3 is 5.97 Å². The summed E-state index contributed by atoms with van der Waals surface area (Å²) in [7, 11) is -1.33. The number of nitrogens with zero attached hydrogens (tertiary/aromatic N) is 1. The van der Waals surface area contributed by atoms with E-state index in [0.717, 1.165) is 5.56 Å². The Morgan fingerprint density at radius 3 is 2.18 bits per heavy atom. The standard InChI is InChI=1S/C22H27NO4S/c1-16(27-21(25)18-13-9-10-14-19(18)28(5)26)20(24)23(22(2,3)4)15-17-11-7-6-8-12-17/h6-14,16H,15H2,1-5H3/t16-,28+/m1/s1. The van der Waals surface area contributed by atoms with Crippen LogP contribution in [0.2, 0.25) is 0 Å². The first-order valence-corrected chi connectivity index (χ1v) is 10.7. The molecule has 2 rings (SSSR count). The number of amides is 1. The average molecular weight is 402 g/mol. The fourth-order valence-corrected chi connectivity index (χ4v) is 3.52. The van der Waals surface area contributed by atoms with E-state index in [2.05, 4.69) is 0 Å². The summed E-state index contributed by atoms with van der Waals surface area (Å²) in [5, 5.41) is 0. The largest absolute Gasteiger partial charge is 0.449 e. The first-order valence-electron chi connectivity index (χ1n) is 9.10. The minimum atomic E-state index is -1.33. The highest BCUT2D eigenvalue weighted by Crippen LogP contribution is 2.21. The molecule has 6 heteroatoms. The van der Waals surface area contributed by atoms with Crippen LogP contribution in [0.5, 0.6) is 0 Å². The molecule has 0 aliphatic carbocycles. The second kappa shape index (κ2) is 9.15. The van der Waals surface area contributed by atoms with Crippen LogP contribution in [0.1, 0.15) is 43.6 Å². The summed E-state index contributed by atoms with van der Waals surface area (Å²) in [5.41, 5.74) is 0.764. The van der Waals surface area contributed by atoms with Crippen LogP contribution in [0.15, 0.2) is 59.5 Å². The van der Waals surface area contributed by atoms with Gasteiger partial charge in [-0.2, -0.15) is 0 Å². The van der Waals surface area contributed by atoms with Gasteiger partial charge in [0.25, 0.3) is 5.91 Å². The highest BCUT2D eigenvalue weighted by atomic mass is 32.2. The minimum Gasteiger partial charge on any atom is -0.449 e. The Bertz CT molecular complexity index is 858. The smallest absolute Gasteiger partial charge is 0.340 e. The molecule has 0 unspecified atom stereocenters. The van der Waals surface area contributed by atoms with Crippen LogP contribution >= 0.6 is 0 Å². The molecule has 0 bridgehead atoms. The van der Waals surface area contributed by atoms with Crippen LogP contribution in [0.25, 0.3) is 0 Å². The van der Waals surface area contributed by atoms with Crippen molar-refractivity contribution in [3.05, 3.63) is 65.7 Å². The van der Waals surface area contributed by atoms with E-state index in [1.165, 1.54) is 6.26 Å². The van der Waals surface area contributed by atoms with Crippen LogP contribution in [0, 0.1) is 0 Å². The van der Waals surface area contributed by atoms with Gasteiger partial charge in [-0.1, -0.05) is 42.5 Å². The lowest BCUT2D eigenvalue weighted by Gasteiger charge is -2.37. The Morgan fingerprint density at radius 2 is 1.61 bits per heavy atom. The van der Waals surface area contributed by atoms with Gasteiger partial charge < -0.3 is 9.64 Å². The normalized spacial score (nSPS) is 13.5. The van der Waals surface area contributed by atoms with E-state index in [-0.39, 0.29) is 11.5 Å². The molecule has 0 aliphatic heterocycles. The Morgan fingerprint density at radius 1 is 1.04 bits per heavy atom. The molecule has 0 aromatic heterocycles. The molecule has 2 aromatic carbocycles. The third-order valence-electron chi connectivity index (χ3n) is 4.31. The van der Waals surface area contributed by atoms with Crippen molar-refractivity contribution in [1.82, 2.24) is 4.90 Å². The van der Waals surface area contributed by atoms with Crippen molar-refractivity contribution in [2.45, 2.75) is 50.8 Å². The van der Waals surface area contributed by atoms with E-state index in [1.807, 2.05) is 51.1 Å². The van der Waals surface area contributed by atoms with Crippen molar-refractivity contribution < 1.29 is 18.5 Å². The Kier molecular flexibility index (Phi) is 7.13. The lowest BCUT2D eigenvalue weighted by atomic mass is 10.0. The third-order valence-corrected chi connectivity index (χ3v) is 5.28. The SMILES string of the molecule is C[C@@H](OC(=O)c1ccccc1[S@](C)=O)C(=O)N(Cc1ccccc1)C(C)(C)C. The van der Waals surface area contributed by atoms with Crippen molar-refractivity contribution in [1.29, 1.82) is 0 Å². The van der Waals surface area contributed by atoms with Crippen LogP contribution in [0.4, 0.5) is 0 Å². The van der Waals surface area contributed by atoms with Crippen molar-refractivity contribution in [2.24, 2.45) is 0 Å². The Labute approximate surface area is 169 Å². The van der Waals surface area contributed by atoms with Gasteiger partial charge in [0.05, 0.1) is 21.3 Å². The number of rotatable bonds is 6. The Balaban J connectivity index is 2.19. The lowest BCUT2D eigenvalue weighted by Crippen LogP contribution is -2.49. The highest BCUT2D eigenvalue weighted by Gasteiger charge is 2.32. The third kappa shape index (κ3) is 5.52. The van der Waals surface area contributed by atoms with Crippen LogP contribution < -0.4 is 0 Å². The summed E-state index contributed by atoms with van der Waals surface area (Å²) in [6.45, 7) is 7.81. The summed E-state index contributed by atoms with van der Waals surface area (Å²) >= 11 is 0. The van der Waals surface area contributed by atoms with Crippen LogP contribution in [-0.4, -0.2) is 38.9 Å². The van der Waals surface area contributed by atoms with E-state index >= 15 is 0 Å². The number of hydrogen-bond donors (Lipinski definition) is 0. The first-order chi connectivity index (χ1) is 13.1. The molecule has 2 aromatic rings. The number of hydrogen-bond acceptors (Lipinski definition) is 4. The van der Waals surface area contributed by atoms with Gasteiger partial charge in [-0.25, -0.2) is 4.79 Å². The molecule has 1 amide bonds. The van der Waals surface area contributed by atoms with Gasteiger partial charge in [0.1, 0.15) is 0 Å². The van der Waals surface area contributed by atoms with E-state index in [1.54, 1.807) is 36.1 Å². The lowest BCUT2D eigenvalue weighted by molar-refractivity contribution is -0.145. The zero-order valence-corrected chi connectivity index (χ0v) is 17.8. The molecule has 0 saturated carbocycles. The first kappa shape index (κ1) is 21.8. The summed E-state index contributed by atoms with van der Waals surface area (Å²) in [6.07, 6.45) is 0.538. The predicted molar refractivity (Wildman–Crippen MR) is 110 cm³/mol. The molecule has 0 heterocycles. The van der Waals surface area contributed by atoms with Gasteiger partial charge in [0, 0.05) is 18.3 Å². The van der Waals surface area contributed by atoms with Crippen molar-refractivity contribution in [3.63, 3.8) is 0 Å². The zero-order chi connectivity index (χ0) is 20.9. The molecule has 0 radical (unpaired) electrons. The maximum atomic E-state index is 13.1. The fourth-order valence-electron chi connectivity index (χ4n) is 2.79. The van der Waals surface area contributed by atoms with Crippen molar-refractivity contribution in [2.75, 3.05) is 6.26 Å². The number of carbonyl (C=O) groups excluding carboxylic acids is 2. The van der Waals surface area contributed by atoms with Gasteiger partial charge in [-0.15, -0.1) is 0 Å². The molecule has 2 atom stereocenters. The van der Waals surface area contributed by atoms with E-state index in [4.69, 9.17) is 4.74 Å². The monoisotopic (exact) mass is 401 g/mol. The van der Waals surface area contributed by atoms with Gasteiger partial charge in [-0.05, 0) is 45.4 Å². The quantitative estimate of drug-likeness (QED) is 0.691. The van der Waals surface area contributed by atoms with Crippen molar-refractivity contribution >= 4 is 22.7 Å². The minimum absolute atomic E-state index is 0.216. The Hall–Kier alpha value is -2.47. The molecule has 5 nitrogen and oxygen atoms in total. The summed E-state index contributed by atoms with van der Waals surface area (Å²) < 4.78 is 17.3. The predicted octanol–water partition coefficient (Wildman–Crippen LogP) is 3.80. The topological polar surface area (TPSA) is 63.7 Å². The number of esters is 1. The summed E-state index contributed by atoms with van der Waals surface area (Å²) in [4.78, 5) is 27.7. The molecular formula is C22H27NO4S. The summed E-state index contributed by atoms with van der Waals surface area (Å²) in [5.74, 6) is -0.931. The fraction of sp³-hybridized carbons (Fsp3) is 0.364. The maximum Gasteiger partial charge on any atom is 0.340 e. The maximum absolute atomic E-state index is 13.1.